The smallest absolute Gasteiger partial charge is 0.0110 e. The molecule has 626 valence electrons. The van der Waals surface area contributed by atoms with Gasteiger partial charge in [0.05, 0.1) is 0 Å². The molecule has 0 bridgehead atoms. The third-order valence-electron chi connectivity index (χ3n) is 26.1. The second kappa shape index (κ2) is 62.1. The average Bonchev–Trinajstić information content (AvgIpc) is 0.933. The van der Waals surface area contributed by atoms with E-state index >= 15 is 0 Å². The molecule has 2 atom stereocenters. The molecule has 0 aromatic heterocycles. The van der Waals surface area contributed by atoms with Crippen LogP contribution in [-0.2, 0) is 0 Å². The van der Waals surface area contributed by atoms with Crippen molar-refractivity contribution in [3.05, 3.63) is 0 Å². The van der Waals surface area contributed by atoms with Gasteiger partial charge in [-0.15, -0.1) is 0 Å². The maximum Gasteiger partial charge on any atom is 0.0110 e. The number of piperazine rings is 1. The second-order valence-corrected chi connectivity index (χ2v) is 39.6. The normalized spacial score (nSPS) is 21.9. The van der Waals surface area contributed by atoms with Gasteiger partial charge in [-0.3, -0.25) is 0 Å². The quantitative estimate of drug-likeness (QED) is 0.0798. The summed E-state index contributed by atoms with van der Waals surface area (Å²) in [5.41, 5.74) is 0. The predicted octanol–water partition coefficient (Wildman–Crippen LogP) is 23.7. The van der Waals surface area contributed by atoms with Crippen molar-refractivity contribution in [3.8, 4) is 0 Å². The third kappa shape index (κ3) is 53.6. The number of likely N-dealkylation sites (tertiary alicyclic amines) is 7. The Hall–Kier alpha value is -0.360. The lowest BCUT2D eigenvalue weighted by atomic mass is 9.81. The first kappa shape index (κ1) is 104. The maximum atomic E-state index is 2.63. The lowest BCUT2D eigenvalue weighted by Crippen LogP contribution is -2.46. The van der Waals surface area contributed by atoms with Crippen molar-refractivity contribution in [2.75, 3.05) is 166 Å². The molecule has 9 heteroatoms. The zero-order valence-electron chi connectivity index (χ0n) is 76.2. The van der Waals surface area contributed by atoms with Gasteiger partial charge in [0.25, 0.3) is 0 Å². The molecule has 2 unspecified atom stereocenters. The van der Waals surface area contributed by atoms with Crippen LogP contribution in [0.1, 0.15) is 341 Å². The van der Waals surface area contributed by atoms with Crippen LogP contribution in [-0.4, -0.2) is 222 Å². The molecule has 8 aliphatic rings. The van der Waals surface area contributed by atoms with Gasteiger partial charge in [-0.1, -0.05) is 197 Å². The summed E-state index contributed by atoms with van der Waals surface area (Å²) in [4.78, 5) is 22.8. The Morgan fingerprint density at radius 3 is 0.740 bits per heavy atom. The summed E-state index contributed by atoms with van der Waals surface area (Å²) in [5, 5.41) is 0. The van der Waals surface area contributed by atoms with Crippen molar-refractivity contribution in [2.24, 2.45) is 101 Å². The highest BCUT2D eigenvalue weighted by molar-refractivity contribution is 4.80. The summed E-state index contributed by atoms with van der Waals surface area (Å²) in [6.07, 6.45) is 37.2. The number of piperidine rings is 7. The Labute approximate surface area is 659 Å². The highest BCUT2D eigenvalue weighted by atomic mass is 15.2. The van der Waals surface area contributed by atoms with Crippen LogP contribution in [0.25, 0.3) is 0 Å². The monoisotopic (exact) mass is 1470 g/mol. The molecule has 0 amide bonds. The van der Waals surface area contributed by atoms with Crippen LogP contribution in [0.2, 0.25) is 0 Å². The first-order valence-corrected chi connectivity index (χ1v) is 46.1. The van der Waals surface area contributed by atoms with E-state index < -0.39 is 0 Å². The van der Waals surface area contributed by atoms with Crippen LogP contribution in [0.5, 0.6) is 0 Å². The van der Waals surface area contributed by atoms with Gasteiger partial charge in [0.15, 0.2) is 0 Å². The van der Waals surface area contributed by atoms with Gasteiger partial charge in [-0.05, 0) is 377 Å². The van der Waals surface area contributed by atoms with Gasteiger partial charge >= 0.3 is 0 Å². The molecule has 9 nitrogen and oxygen atoms in total. The largest absolute Gasteiger partial charge is 0.306 e. The predicted molar refractivity (Wildman–Crippen MR) is 472 cm³/mol. The molecule has 8 heterocycles. The van der Waals surface area contributed by atoms with E-state index in [0.29, 0.717) is 0 Å². The first-order valence-electron chi connectivity index (χ1n) is 46.1. The minimum absolute atomic E-state index is 0. The van der Waals surface area contributed by atoms with Crippen molar-refractivity contribution in [1.82, 2.24) is 44.1 Å². The summed E-state index contributed by atoms with van der Waals surface area (Å²) in [6, 6.07) is 1.50. The molecule has 0 aliphatic carbocycles. The van der Waals surface area contributed by atoms with Crippen molar-refractivity contribution < 1.29 is 0 Å². The molecular formula is C95H201N9. The summed E-state index contributed by atoms with van der Waals surface area (Å²) in [5.74, 6) is 16.0. The second-order valence-electron chi connectivity index (χ2n) is 39.6. The van der Waals surface area contributed by atoms with E-state index in [1.54, 1.807) is 0 Å². The maximum absolute atomic E-state index is 2.63. The van der Waals surface area contributed by atoms with Crippen molar-refractivity contribution >= 4 is 0 Å². The lowest BCUT2D eigenvalue weighted by molar-refractivity contribution is 0.123. The summed E-state index contributed by atoms with van der Waals surface area (Å²) < 4.78 is 0. The zero-order chi connectivity index (χ0) is 77.4. The van der Waals surface area contributed by atoms with Gasteiger partial charge in [-0.25, -0.2) is 0 Å². The highest BCUT2D eigenvalue weighted by Crippen LogP contribution is 2.32. The van der Waals surface area contributed by atoms with E-state index in [0.717, 1.165) is 113 Å². The number of rotatable bonds is 27. The standard InChI is InChI=1S/2C13H27N.C12H26N2.2C12H25N.2C11H23N.C10H21N.CH4/c1-11(2)5-6-13-7-9-14(10-8-13)12(3)4;1-5-13(11(2)3)10-12-6-8-14(4)9-7-12;1-5-12(11(2)3)10-14-8-6-13(4)7-9-14;1-10(2)9-12-5-7-13(8-6-12)11(3)4;1-4-13-9-7-12(8-10-13)6-5-11(2)3;1-10(2)4-5-11-6-8-12(3)9-7-11;1-4-12-7-5-11(6-8-12)9-10(2)3;1-9(2)8-10-4-6-11(3)7-5-10;/h2*11-13H,5-10H2,1-4H3;11-12H,5-10H2,1-4H3;10-12H,5-9H2,1-4H3;11-12H,4-10H2,1-3H3;2*10-11H,4-9H2,1-3H3;9-10H,4-8H2,1-3H3;1H4. The van der Waals surface area contributed by atoms with Crippen LogP contribution in [0.4, 0.5) is 0 Å². The molecule has 0 radical (unpaired) electrons. The summed E-state index contributed by atoms with van der Waals surface area (Å²) >= 11 is 0. The Morgan fingerprint density at radius 1 is 0.250 bits per heavy atom. The van der Waals surface area contributed by atoms with Crippen LogP contribution >= 0.6 is 0 Å². The first-order chi connectivity index (χ1) is 48.7. The van der Waals surface area contributed by atoms with Crippen LogP contribution in [0.15, 0.2) is 0 Å². The summed E-state index contributed by atoms with van der Waals surface area (Å²) in [7, 11) is 8.93. The Balaban J connectivity index is 0.00000117. The SMILES string of the molecule is C.CC(C)CC1CCN(C(C)C)CC1.CC(C)CC1CCN(C)CC1.CC(C)CCC1CCN(C(C)C)CC1.CC(C)CCC1CCN(C)CC1.CCC(CC1CCN(C)CC1)C(C)C.CCC(CN1CCN(C)CC1)C(C)C.CCN1CCC(CC(C)C)CC1.CCN1CCC(CCC(C)C)CC1. The molecule has 8 saturated heterocycles. The van der Waals surface area contributed by atoms with Crippen molar-refractivity contribution in [1.29, 1.82) is 0 Å². The van der Waals surface area contributed by atoms with Gasteiger partial charge in [-0.2, -0.15) is 0 Å². The van der Waals surface area contributed by atoms with E-state index in [1.807, 2.05) is 0 Å². The Kier molecular flexibility index (Phi) is 61.9. The molecule has 0 aromatic carbocycles. The lowest BCUT2D eigenvalue weighted by Gasteiger charge is -2.35. The number of hydrogen-bond acceptors (Lipinski definition) is 9. The molecule has 8 aliphatic heterocycles. The number of hydrogen-bond donors (Lipinski definition) is 0. The topological polar surface area (TPSA) is 29.2 Å². The number of nitrogens with zero attached hydrogens (tertiary/aromatic N) is 9. The average molecular weight is 1470 g/mol. The highest BCUT2D eigenvalue weighted by Gasteiger charge is 2.26. The zero-order valence-corrected chi connectivity index (χ0v) is 76.2. The fraction of sp³-hybridized carbons (Fsp3) is 1.00. The van der Waals surface area contributed by atoms with Gasteiger partial charge < -0.3 is 44.1 Å². The Morgan fingerprint density at radius 2 is 0.490 bits per heavy atom. The molecule has 0 spiro atoms. The molecular weight excluding hydrogens is 1270 g/mol. The van der Waals surface area contributed by atoms with Gasteiger partial charge in [0.2, 0.25) is 0 Å². The fourth-order valence-corrected chi connectivity index (χ4v) is 17.8. The van der Waals surface area contributed by atoms with E-state index in [1.165, 1.54) is 304 Å². The molecule has 8 rings (SSSR count). The molecule has 8 fully saturated rings. The van der Waals surface area contributed by atoms with Gasteiger partial charge in [0, 0.05) is 44.8 Å². The van der Waals surface area contributed by atoms with Gasteiger partial charge in [0.1, 0.15) is 0 Å². The molecule has 0 N–H and O–H groups in total. The van der Waals surface area contributed by atoms with E-state index in [4.69, 9.17) is 0 Å². The molecule has 0 saturated carbocycles. The third-order valence-corrected chi connectivity index (χ3v) is 26.1. The van der Waals surface area contributed by atoms with Crippen LogP contribution < -0.4 is 0 Å². The van der Waals surface area contributed by atoms with E-state index in [2.05, 4.69) is 238 Å². The van der Waals surface area contributed by atoms with E-state index in [9.17, 15) is 0 Å². The van der Waals surface area contributed by atoms with E-state index in [-0.39, 0.29) is 7.43 Å². The minimum atomic E-state index is 0. The molecule has 104 heavy (non-hydrogen) atoms. The fourth-order valence-electron chi connectivity index (χ4n) is 17.8. The number of likely N-dealkylation sites (N-methyl/N-ethyl adjacent to an activating group) is 1. The summed E-state index contributed by atoms with van der Waals surface area (Å²) in [6.45, 7) is 83.4. The molecule has 0 aromatic rings. The Bertz CT molecular complexity index is 1770. The van der Waals surface area contributed by atoms with Crippen LogP contribution in [0, 0.1) is 101 Å². The van der Waals surface area contributed by atoms with Crippen LogP contribution in [0.3, 0.4) is 0 Å². The van der Waals surface area contributed by atoms with Crippen molar-refractivity contribution in [2.45, 2.75) is 353 Å². The minimum Gasteiger partial charge on any atom is -0.306 e. The van der Waals surface area contributed by atoms with Crippen molar-refractivity contribution in [3.63, 3.8) is 0 Å².